The second-order valence-corrected chi connectivity index (χ2v) is 5.97. The van der Waals surface area contributed by atoms with Gasteiger partial charge in [0.2, 0.25) is 5.91 Å². The minimum atomic E-state index is 0.161. The van der Waals surface area contributed by atoms with E-state index in [9.17, 15) is 4.79 Å². The SMILES string of the molecule is O=C(C1CCCNC1)N1CCc2cc(Br)ccc21. The van der Waals surface area contributed by atoms with Gasteiger partial charge >= 0.3 is 0 Å². The van der Waals surface area contributed by atoms with Gasteiger partial charge in [0.05, 0.1) is 5.92 Å². The quantitative estimate of drug-likeness (QED) is 0.863. The highest BCUT2D eigenvalue weighted by molar-refractivity contribution is 9.10. The molecule has 96 valence electrons. The van der Waals surface area contributed by atoms with E-state index >= 15 is 0 Å². The van der Waals surface area contributed by atoms with Crippen molar-refractivity contribution < 1.29 is 4.79 Å². The van der Waals surface area contributed by atoms with Crippen LogP contribution in [0.1, 0.15) is 18.4 Å². The molecule has 4 heteroatoms. The van der Waals surface area contributed by atoms with E-state index in [1.54, 1.807) is 0 Å². The predicted octanol–water partition coefficient (Wildman–Crippen LogP) is 2.34. The molecular formula is C14H17BrN2O. The van der Waals surface area contributed by atoms with Crippen molar-refractivity contribution >= 4 is 27.5 Å². The Morgan fingerprint density at radius 1 is 1.44 bits per heavy atom. The number of fused-ring (bicyclic) bond motifs is 1. The Balaban J connectivity index is 1.80. The Bertz CT molecular complexity index is 469. The van der Waals surface area contributed by atoms with Crippen LogP contribution in [0.5, 0.6) is 0 Å². The molecule has 1 saturated heterocycles. The number of piperidine rings is 1. The number of benzene rings is 1. The minimum absolute atomic E-state index is 0.161. The molecule has 0 bridgehead atoms. The second-order valence-electron chi connectivity index (χ2n) is 5.06. The molecule has 1 aromatic rings. The number of carbonyl (C=O) groups is 1. The van der Waals surface area contributed by atoms with Crippen LogP contribution in [0.25, 0.3) is 0 Å². The van der Waals surface area contributed by atoms with Crippen molar-refractivity contribution in [1.29, 1.82) is 0 Å². The van der Waals surface area contributed by atoms with Crippen molar-refractivity contribution in [2.75, 3.05) is 24.5 Å². The smallest absolute Gasteiger partial charge is 0.231 e. The molecule has 1 amide bonds. The van der Waals surface area contributed by atoms with Crippen LogP contribution >= 0.6 is 15.9 Å². The Morgan fingerprint density at radius 2 is 2.33 bits per heavy atom. The van der Waals surface area contributed by atoms with E-state index in [1.807, 2.05) is 11.0 Å². The second kappa shape index (κ2) is 5.02. The van der Waals surface area contributed by atoms with Crippen molar-refractivity contribution in [3.8, 4) is 0 Å². The lowest BCUT2D eigenvalue weighted by Gasteiger charge is -2.27. The first-order valence-corrected chi connectivity index (χ1v) is 7.35. The van der Waals surface area contributed by atoms with E-state index in [0.717, 1.165) is 49.1 Å². The summed E-state index contributed by atoms with van der Waals surface area (Å²) in [5, 5.41) is 3.32. The van der Waals surface area contributed by atoms with E-state index in [-0.39, 0.29) is 5.92 Å². The van der Waals surface area contributed by atoms with Crippen molar-refractivity contribution in [1.82, 2.24) is 5.32 Å². The number of hydrogen-bond donors (Lipinski definition) is 1. The van der Waals surface area contributed by atoms with Gasteiger partial charge in [0.25, 0.3) is 0 Å². The van der Waals surface area contributed by atoms with E-state index < -0.39 is 0 Å². The molecule has 1 N–H and O–H groups in total. The van der Waals surface area contributed by atoms with E-state index in [4.69, 9.17) is 0 Å². The van der Waals surface area contributed by atoms with Gasteiger partial charge in [0.1, 0.15) is 0 Å². The third-order valence-corrected chi connectivity index (χ3v) is 4.34. The monoisotopic (exact) mass is 308 g/mol. The highest BCUT2D eigenvalue weighted by Crippen LogP contribution is 2.32. The third kappa shape index (κ3) is 2.19. The summed E-state index contributed by atoms with van der Waals surface area (Å²) in [6, 6.07) is 6.20. The van der Waals surface area contributed by atoms with Crippen molar-refractivity contribution in [2.24, 2.45) is 5.92 Å². The Hall–Kier alpha value is -0.870. The molecule has 1 fully saturated rings. The Kier molecular flexibility index (Phi) is 3.39. The summed E-state index contributed by atoms with van der Waals surface area (Å²) in [5.74, 6) is 0.455. The van der Waals surface area contributed by atoms with Crippen LogP contribution in [0.4, 0.5) is 5.69 Å². The van der Waals surface area contributed by atoms with Crippen molar-refractivity contribution in [3.05, 3.63) is 28.2 Å². The maximum atomic E-state index is 12.5. The molecular weight excluding hydrogens is 292 g/mol. The zero-order valence-corrected chi connectivity index (χ0v) is 11.9. The van der Waals surface area contributed by atoms with Gasteiger partial charge in [-0.05, 0) is 49.6 Å². The highest BCUT2D eigenvalue weighted by atomic mass is 79.9. The van der Waals surface area contributed by atoms with E-state index in [0.29, 0.717) is 5.91 Å². The molecule has 0 radical (unpaired) electrons. The van der Waals surface area contributed by atoms with Gasteiger partial charge in [-0.2, -0.15) is 0 Å². The molecule has 18 heavy (non-hydrogen) atoms. The number of halogens is 1. The van der Waals surface area contributed by atoms with Crippen LogP contribution in [0, 0.1) is 5.92 Å². The first-order chi connectivity index (χ1) is 8.75. The summed E-state index contributed by atoms with van der Waals surface area (Å²) >= 11 is 3.49. The van der Waals surface area contributed by atoms with Crippen LogP contribution in [0.2, 0.25) is 0 Å². The summed E-state index contributed by atoms with van der Waals surface area (Å²) in [7, 11) is 0. The first kappa shape index (κ1) is 12.2. The highest BCUT2D eigenvalue weighted by Gasteiger charge is 2.30. The van der Waals surface area contributed by atoms with Crippen LogP contribution in [-0.2, 0) is 11.2 Å². The largest absolute Gasteiger partial charge is 0.316 e. The number of rotatable bonds is 1. The maximum absolute atomic E-state index is 12.5. The van der Waals surface area contributed by atoms with Gasteiger partial charge in [-0.1, -0.05) is 15.9 Å². The van der Waals surface area contributed by atoms with Crippen LogP contribution < -0.4 is 10.2 Å². The molecule has 0 aliphatic carbocycles. The van der Waals surface area contributed by atoms with Gasteiger partial charge < -0.3 is 10.2 Å². The van der Waals surface area contributed by atoms with Crippen molar-refractivity contribution in [2.45, 2.75) is 19.3 Å². The average molecular weight is 309 g/mol. The molecule has 0 aromatic heterocycles. The lowest BCUT2D eigenvalue weighted by atomic mass is 9.98. The molecule has 3 rings (SSSR count). The maximum Gasteiger partial charge on any atom is 0.231 e. The van der Waals surface area contributed by atoms with E-state index in [1.165, 1.54) is 5.56 Å². The third-order valence-electron chi connectivity index (χ3n) is 3.85. The molecule has 2 heterocycles. The first-order valence-electron chi connectivity index (χ1n) is 6.56. The fraction of sp³-hybridized carbons (Fsp3) is 0.500. The number of carbonyl (C=O) groups excluding carboxylic acids is 1. The number of hydrogen-bond acceptors (Lipinski definition) is 2. The molecule has 0 spiro atoms. The normalized spacial score (nSPS) is 22.9. The zero-order valence-electron chi connectivity index (χ0n) is 10.3. The van der Waals surface area contributed by atoms with Gasteiger partial charge in [0.15, 0.2) is 0 Å². The lowest BCUT2D eigenvalue weighted by molar-refractivity contribution is -0.122. The van der Waals surface area contributed by atoms with E-state index in [2.05, 4.69) is 33.4 Å². The zero-order chi connectivity index (χ0) is 12.5. The van der Waals surface area contributed by atoms with Crippen LogP contribution in [0.15, 0.2) is 22.7 Å². The molecule has 1 unspecified atom stereocenters. The standard InChI is InChI=1S/C14H17BrN2O/c15-12-3-4-13-10(8-12)5-7-17(13)14(18)11-2-1-6-16-9-11/h3-4,8,11,16H,1-2,5-7,9H2. The molecule has 1 aromatic carbocycles. The summed E-state index contributed by atoms with van der Waals surface area (Å²) in [5.41, 5.74) is 2.38. The Morgan fingerprint density at radius 3 is 3.11 bits per heavy atom. The van der Waals surface area contributed by atoms with Gasteiger partial charge in [-0.25, -0.2) is 0 Å². The summed E-state index contributed by atoms with van der Waals surface area (Å²) in [4.78, 5) is 14.5. The van der Waals surface area contributed by atoms with Gasteiger partial charge in [-0.15, -0.1) is 0 Å². The lowest BCUT2D eigenvalue weighted by Crippen LogP contribution is -2.42. The number of amides is 1. The fourth-order valence-electron chi connectivity index (χ4n) is 2.88. The topological polar surface area (TPSA) is 32.3 Å². The van der Waals surface area contributed by atoms with Crippen LogP contribution in [0.3, 0.4) is 0 Å². The van der Waals surface area contributed by atoms with Crippen molar-refractivity contribution in [3.63, 3.8) is 0 Å². The Labute approximate surface area is 116 Å². The van der Waals surface area contributed by atoms with Gasteiger partial charge in [0, 0.05) is 23.2 Å². The molecule has 0 saturated carbocycles. The molecule has 2 aliphatic heterocycles. The molecule has 3 nitrogen and oxygen atoms in total. The number of anilines is 1. The predicted molar refractivity (Wildman–Crippen MR) is 75.8 cm³/mol. The minimum Gasteiger partial charge on any atom is -0.316 e. The number of nitrogens with one attached hydrogen (secondary N) is 1. The summed E-state index contributed by atoms with van der Waals surface area (Å²) < 4.78 is 1.09. The fourth-order valence-corrected chi connectivity index (χ4v) is 3.29. The number of nitrogens with zero attached hydrogens (tertiary/aromatic N) is 1. The molecule has 1 atom stereocenters. The van der Waals surface area contributed by atoms with Crippen LogP contribution in [-0.4, -0.2) is 25.5 Å². The summed E-state index contributed by atoms with van der Waals surface area (Å²) in [6.45, 7) is 2.72. The molecule has 2 aliphatic rings. The summed E-state index contributed by atoms with van der Waals surface area (Å²) in [6.07, 6.45) is 3.10. The average Bonchev–Trinajstić information content (AvgIpc) is 2.81. The van der Waals surface area contributed by atoms with Gasteiger partial charge in [-0.3, -0.25) is 4.79 Å².